The minimum absolute atomic E-state index is 0.0321. The minimum Gasteiger partial charge on any atom is -0.467 e. The van der Waals surface area contributed by atoms with Gasteiger partial charge in [0.2, 0.25) is 14.8 Å². The van der Waals surface area contributed by atoms with Crippen LogP contribution < -0.4 is 5.32 Å². The Morgan fingerprint density at radius 2 is 1.91 bits per heavy atom. The van der Waals surface area contributed by atoms with E-state index in [1.54, 1.807) is 0 Å². The number of esters is 1. The molecule has 0 bridgehead atoms. The van der Waals surface area contributed by atoms with Crippen LogP contribution in [0.5, 0.6) is 0 Å². The molecule has 0 aliphatic heterocycles. The molecule has 0 unspecified atom stereocenters. The summed E-state index contributed by atoms with van der Waals surface area (Å²) in [6.45, 7) is 1.25. The predicted molar refractivity (Wildman–Crippen MR) is 86.0 cm³/mol. The van der Waals surface area contributed by atoms with Gasteiger partial charge in [-0.15, -0.1) is 0 Å². The first-order valence-corrected chi connectivity index (χ1v) is 9.75. The molecule has 0 saturated carbocycles. The topological polar surface area (TPSA) is 89.5 Å². The largest absolute Gasteiger partial charge is 0.467 e. The van der Waals surface area contributed by atoms with Gasteiger partial charge in [0, 0.05) is 12.7 Å². The summed E-state index contributed by atoms with van der Waals surface area (Å²) in [5.41, 5.74) is 0.929. The van der Waals surface area contributed by atoms with Crippen LogP contribution in [0.25, 0.3) is 0 Å². The van der Waals surface area contributed by atoms with Crippen molar-refractivity contribution in [3.8, 4) is 0 Å². The fourth-order valence-electron chi connectivity index (χ4n) is 1.67. The summed E-state index contributed by atoms with van der Waals surface area (Å²) >= 11 is 0. The molecule has 0 saturated heterocycles. The molecular formula is C14H19NO5S2. The van der Waals surface area contributed by atoms with Crippen molar-refractivity contribution in [3.63, 3.8) is 0 Å². The average molecular weight is 345 g/mol. The molecule has 1 aromatic carbocycles. The van der Waals surface area contributed by atoms with E-state index in [-0.39, 0.29) is 11.5 Å². The summed E-state index contributed by atoms with van der Waals surface area (Å²) in [5.74, 6) is -1.20. The Hall–Kier alpha value is -1.54. The molecule has 6 nitrogen and oxygen atoms in total. The fraction of sp³-hybridized carbons (Fsp3) is 0.429. The molecule has 122 valence electrons. The molecule has 1 aromatic rings. The third kappa shape index (κ3) is 6.95. The predicted octanol–water partition coefficient (Wildman–Crippen LogP) is 0.970. The van der Waals surface area contributed by atoms with Crippen LogP contribution >= 0.6 is 10.8 Å². The first-order valence-electron chi connectivity index (χ1n) is 6.60. The van der Waals surface area contributed by atoms with Crippen LogP contribution in [0.3, 0.4) is 0 Å². The number of amides is 1. The number of hydrogen-bond donors (Lipinski definition) is 1. The normalized spacial score (nSPS) is 12.5. The Labute approximate surface area is 133 Å². The number of carbonyl (C=O) groups is 2. The molecule has 22 heavy (non-hydrogen) atoms. The molecule has 0 aliphatic rings. The number of rotatable bonds is 8. The maximum Gasteiger partial charge on any atom is 0.329 e. The van der Waals surface area contributed by atoms with Crippen molar-refractivity contribution in [1.29, 1.82) is 0 Å². The molecule has 1 atom stereocenters. The van der Waals surface area contributed by atoms with Gasteiger partial charge in [0.25, 0.3) is 0 Å². The highest BCUT2D eigenvalue weighted by atomic mass is 33.1. The number of hydrogen-bond acceptors (Lipinski definition) is 6. The number of nitrogens with one attached hydrogen (secondary N) is 1. The molecule has 1 rings (SSSR count). The second-order valence-corrected chi connectivity index (χ2v) is 8.88. The second kappa shape index (κ2) is 8.79. The smallest absolute Gasteiger partial charge is 0.329 e. The van der Waals surface area contributed by atoms with Crippen molar-refractivity contribution >= 4 is 31.5 Å². The Kier molecular flexibility index (Phi) is 7.40. The molecule has 0 aromatic heterocycles. The highest BCUT2D eigenvalue weighted by Crippen LogP contribution is 2.17. The van der Waals surface area contributed by atoms with Crippen molar-refractivity contribution in [2.45, 2.75) is 19.4 Å². The summed E-state index contributed by atoms with van der Waals surface area (Å²) in [7, 11) is -1.56. The summed E-state index contributed by atoms with van der Waals surface area (Å²) in [6.07, 6.45) is 0.402. The number of aryl methyl sites for hydroxylation is 1. The van der Waals surface area contributed by atoms with E-state index in [4.69, 9.17) is 0 Å². The quantitative estimate of drug-likeness (QED) is 0.558. The molecule has 0 radical (unpaired) electrons. The van der Waals surface area contributed by atoms with E-state index in [0.717, 1.165) is 5.56 Å². The summed E-state index contributed by atoms with van der Waals surface area (Å²) < 4.78 is 28.6. The average Bonchev–Trinajstić information content (AvgIpc) is 2.49. The number of ether oxygens (including phenoxy) is 1. The van der Waals surface area contributed by atoms with E-state index < -0.39 is 26.8 Å². The van der Waals surface area contributed by atoms with Gasteiger partial charge in [-0.3, -0.25) is 4.79 Å². The molecule has 0 fully saturated rings. The highest BCUT2D eigenvalue weighted by Gasteiger charge is 2.23. The van der Waals surface area contributed by atoms with Gasteiger partial charge in [0.15, 0.2) is 0 Å². The Morgan fingerprint density at radius 1 is 1.27 bits per heavy atom. The first kappa shape index (κ1) is 18.5. The Bertz CT molecular complexity index is 601. The SMILES string of the molecule is COC(=O)[C@H](CSS(=O)(=O)CCc1ccccc1)NC(C)=O. The monoisotopic (exact) mass is 345 g/mol. The second-order valence-electron chi connectivity index (χ2n) is 4.56. The van der Waals surface area contributed by atoms with Crippen LogP contribution in [0.15, 0.2) is 30.3 Å². The molecule has 1 amide bonds. The van der Waals surface area contributed by atoms with Crippen LogP contribution in [0.1, 0.15) is 12.5 Å². The number of carbonyl (C=O) groups excluding carboxylic acids is 2. The van der Waals surface area contributed by atoms with E-state index in [9.17, 15) is 18.0 Å². The van der Waals surface area contributed by atoms with Gasteiger partial charge in [0.05, 0.1) is 12.9 Å². The molecule has 0 heterocycles. The first-order chi connectivity index (χ1) is 10.3. The highest BCUT2D eigenvalue weighted by molar-refractivity contribution is 8.72. The maximum absolute atomic E-state index is 12.0. The summed E-state index contributed by atoms with van der Waals surface area (Å²) in [6, 6.07) is 8.29. The molecule has 0 aliphatic carbocycles. The third-order valence-electron chi connectivity index (χ3n) is 2.76. The van der Waals surface area contributed by atoms with Crippen LogP contribution in [0.4, 0.5) is 0 Å². The standard InChI is InChI=1S/C14H19NO5S2/c1-11(16)15-13(14(17)20-2)10-21-22(18,19)9-8-12-6-4-3-5-7-12/h3-7,13H,8-10H2,1-2H3,(H,15,16)/t13-/m0/s1. The lowest BCUT2D eigenvalue weighted by atomic mass is 10.2. The zero-order valence-corrected chi connectivity index (χ0v) is 14.1. The summed E-state index contributed by atoms with van der Waals surface area (Å²) in [5, 5.41) is 2.38. The van der Waals surface area contributed by atoms with Gasteiger partial charge >= 0.3 is 5.97 Å². The van der Waals surface area contributed by atoms with Gasteiger partial charge in [-0.05, 0) is 22.8 Å². The van der Waals surface area contributed by atoms with E-state index >= 15 is 0 Å². The zero-order valence-electron chi connectivity index (χ0n) is 12.4. The fourth-order valence-corrected chi connectivity index (χ4v) is 4.47. The molecule has 8 heteroatoms. The zero-order chi connectivity index (χ0) is 16.6. The van der Waals surface area contributed by atoms with Crippen molar-refractivity contribution in [3.05, 3.63) is 35.9 Å². The van der Waals surface area contributed by atoms with Gasteiger partial charge < -0.3 is 10.1 Å². The van der Waals surface area contributed by atoms with Crippen LogP contribution in [-0.4, -0.2) is 45.0 Å². The van der Waals surface area contributed by atoms with E-state index in [1.807, 2.05) is 30.3 Å². The maximum atomic E-state index is 12.0. The van der Waals surface area contributed by atoms with Gasteiger partial charge in [-0.2, -0.15) is 0 Å². The van der Waals surface area contributed by atoms with Gasteiger partial charge in [0.1, 0.15) is 6.04 Å². The Balaban J connectivity index is 2.55. The summed E-state index contributed by atoms with van der Waals surface area (Å²) in [4.78, 5) is 22.5. The van der Waals surface area contributed by atoms with Crippen molar-refractivity contribution in [2.75, 3.05) is 18.6 Å². The van der Waals surface area contributed by atoms with Crippen molar-refractivity contribution in [2.24, 2.45) is 0 Å². The lowest BCUT2D eigenvalue weighted by molar-refractivity contribution is -0.144. The minimum atomic E-state index is -3.39. The van der Waals surface area contributed by atoms with Crippen LogP contribution in [-0.2, 0) is 29.6 Å². The lowest BCUT2D eigenvalue weighted by Crippen LogP contribution is -2.42. The van der Waals surface area contributed by atoms with Crippen LogP contribution in [0.2, 0.25) is 0 Å². The third-order valence-corrected chi connectivity index (χ3v) is 6.28. The van der Waals surface area contributed by atoms with Crippen LogP contribution in [0, 0.1) is 0 Å². The van der Waals surface area contributed by atoms with E-state index in [0.29, 0.717) is 17.2 Å². The van der Waals surface area contributed by atoms with E-state index in [2.05, 4.69) is 10.1 Å². The number of benzene rings is 1. The Morgan fingerprint density at radius 3 is 2.45 bits per heavy atom. The van der Waals surface area contributed by atoms with Crippen molar-refractivity contribution < 1.29 is 22.7 Å². The molecule has 0 spiro atoms. The van der Waals surface area contributed by atoms with Gasteiger partial charge in [-0.25, -0.2) is 13.2 Å². The lowest BCUT2D eigenvalue weighted by Gasteiger charge is -2.14. The molecular weight excluding hydrogens is 326 g/mol. The van der Waals surface area contributed by atoms with Gasteiger partial charge in [-0.1, -0.05) is 30.3 Å². The molecule has 1 N–H and O–H groups in total. The van der Waals surface area contributed by atoms with Crippen molar-refractivity contribution in [1.82, 2.24) is 5.32 Å². The number of methoxy groups -OCH3 is 1. The van der Waals surface area contributed by atoms with E-state index in [1.165, 1.54) is 14.0 Å².